The Morgan fingerprint density at radius 2 is 1.67 bits per heavy atom. The normalized spacial score (nSPS) is 10.9. The Morgan fingerprint density at radius 3 is 2.24 bits per heavy atom. The molecular formula is C16H15NO3S. The quantitative estimate of drug-likeness (QED) is 0.864. The summed E-state index contributed by atoms with van der Waals surface area (Å²) in [6, 6.07) is 15.0. The third kappa shape index (κ3) is 4.03. The van der Waals surface area contributed by atoms with Crippen LogP contribution in [0.15, 0.2) is 72.1 Å². The van der Waals surface area contributed by atoms with Crippen LogP contribution in [0, 0.1) is 0 Å². The summed E-state index contributed by atoms with van der Waals surface area (Å²) in [5.74, 6) is -0.383. The van der Waals surface area contributed by atoms with E-state index >= 15 is 0 Å². The van der Waals surface area contributed by atoms with Crippen molar-refractivity contribution in [3.63, 3.8) is 0 Å². The highest BCUT2D eigenvalue weighted by Gasteiger charge is 2.14. The lowest BCUT2D eigenvalue weighted by Gasteiger charge is -2.06. The van der Waals surface area contributed by atoms with Crippen LogP contribution in [-0.4, -0.2) is 14.3 Å². The van der Waals surface area contributed by atoms with E-state index in [0.29, 0.717) is 16.1 Å². The van der Waals surface area contributed by atoms with E-state index in [-0.39, 0.29) is 11.7 Å². The number of carbonyl (C=O) groups excluding carboxylic acids is 1. The molecule has 0 aliphatic rings. The second-order valence-corrected chi connectivity index (χ2v) is 6.45. The molecule has 0 radical (unpaired) electrons. The summed E-state index contributed by atoms with van der Waals surface area (Å²) in [4.78, 5) is 11.5. The Labute approximate surface area is 124 Å². The first-order valence-electron chi connectivity index (χ1n) is 6.31. The third-order valence-electron chi connectivity index (χ3n) is 2.87. The van der Waals surface area contributed by atoms with Gasteiger partial charge in [-0.15, -0.1) is 0 Å². The molecule has 0 saturated carbocycles. The lowest BCUT2D eigenvalue weighted by molar-refractivity contribution is -0.111. The molecule has 1 amide bonds. The van der Waals surface area contributed by atoms with Crippen LogP contribution in [0.4, 0.5) is 5.69 Å². The Morgan fingerprint density at radius 1 is 1.05 bits per heavy atom. The van der Waals surface area contributed by atoms with Crippen molar-refractivity contribution in [3.8, 4) is 0 Å². The van der Waals surface area contributed by atoms with Crippen molar-refractivity contribution < 1.29 is 13.2 Å². The molecule has 0 aromatic heterocycles. The first-order valence-corrected chi connectivity index (χ1v) is 7.97. The Hall–Kier alpha value is -2.40. The number of hydrogen-bond acceptors (Lipinski definition) is 3. The van der Waals surface area contributed by atoms with E-state index in [0.717, 1.165) is 0 Å². The number of benzene rings is 2. The van der Waals surface area contributed by atoms with Crippen LogP contribution in [0.25, 0.3) is 0 Å². The SMILES string of the molecule is C=CC(=O)Nc1ccc(CS(=O)(=O)c2ccccc2)cc1. The standard InChI is InChI=1S/C16H15NO3S/c1-2-16(18)17-14-10-8-13(9-11-14)12-21(19,20)15-6-4-3-5-7-15/h2-11H,1,12H2,(H,17,18). The van der Waals surface area contributed by atoms with Crippen LogP contribution in [0.5, 0.6) is 0 Å². The summed E-state index contributed by atoms with van der Waals surface area (Å²) < 4.78 is 24.5. The zero-order valence-corrected chi connectivity index (χ0v) is 12.1. The maximum Gasteiger partial charge on any atom is 0.247 e. The van der Waals surface area contributed by atoms with E-state index in [1.165, 1.54) is 6.08 Å². The lowest BCUT2D eigenvalue weighted by atomic mass is 10.2. The topological polar surface area (TPSA) is 63.2 Å². The highest BCUT2D eigenvalue weighted by molar-refractivity contribution is 7.90. The second-order valence-electron chi connectivity index (χ2n) is 4.46. The number of carbonyl (C=O) groups is 1. The fourth-order valence-electron chi connectivity index (χ4n) is 1.81. The fraction of sp³-hybridized carbons (Fsp3) is 0.0625. The summed E-state index contributed by atoms with van der Waals surface area (Å²) in [7, 11) is -3.36. The van der Waals surface area contributed by atoms with Gasteiger partial charge in [0.1, 0.15) is 0 Å². The molecule has 0 bridgehead atoms. The van der Waals surface area contributed by atoms with Crippen LogP contribution < -0.4 is 5.32 Å². The van der Waals surface area contributed by atoms with Crippen LogP contribution in [-0.2, 0) is 20.4 Å². The number of sulfone groups is 1. The van der Waals surface area contributed by atoms with Crippen molar-refractivity contribution in [3.05, 3.63) is 72.8 Å². The van der Waals surface area contributed by atoms with Gasteiger partial charge in [0.05, 0.1) is 10.6 Å². The van der Waals surface area contributed by atoms with Gasteiger partial charge in [0.15, 0.2) is 9.84 Å². The van der Waals surface area contributed by atoms with E-state index in [2.05, 4.69) is 11.9 Å². The minimum Gasteiger partial charge on any atom is -0.323 e. The molecule has 5 heteroatoms. The molecule has 0 heterocycles. The van der Waals surface area contributed by atoms with Gasteiger partial charge in [-0.25, -0.2) is 8.42 Å². The predicted octanol–water partition coefficient (Wildman–Crippen LogP) is 2.79. The Balaban J connectivity index is 2.13. The lowest BCUT2D eigenvalue weighted by Crippen LogP contribution is -2.08. The average Bonchev–Trinajstić information content (AvgIpc) is 2.50. The summed E-state index contributed by atoms with van der Waals surface area (Å²) >= 11 is 0. The van der Waals surface area contributed by atoms with Gasteiger partial charge in [-0.3, -0.25) is 4.79 Å². The molecule has 0 aliphatic carbocycles. The summed E-state index contributed by atoms with van der Waals surface area (Å²) in [5.41, 5.74) is 1.26. The van der Waals surface area contributed by atoms with Gasteiger partial charge >= 0.3 is 0 Å². The Kier molecular flexibility index (Phi) is 4.55. The minimum atomic E-state index is -3.36. The Bertz CT molecular complexity index is 735. The van der Waals surface area contributed by atoms with Crippen LogP contribution >= 0.6 is 0 Å². The minimum absolute atomic E-state index is 0.0767. The molecular weight excluding hydrogens is 286 g/mol. The van der Waals surface area contributed by atoms with Crippen LogP contribution in [0.2, 0.25) is 0 Å². The smallest absolute Gasteiger partial charge is 0.247 e. The zero-order valence-electron chi connectivity index (χ0n) is 11.3. The van der Waals surface area contributed by atoms with Crippen molar-refractivity contribution in [1.29, 1.82) is 0 Å². The second kappa shape index (κ2) is 6.37. The monoisotopic (exact) mass is 301 g/mol. The highest BCUT2D eigenvalue weighted by atomic mass is 32.2. The van der Waals surface area contributed by atoms with Crippen molar-refractivity contribution in [2.75, 3.05) is 5.32 Å². The predicted molar refractivity (Wildman–Crippen MR) is 82.6 cm³/mol. The molecule has 0 saturated heterocycles. The van der Waals surface area contributed by atoms with Gasteiger partial charge in [-0.2, -0.15) is 0 Å². The van der Waals surface area contributed by atoms with Crippen LogP contribution in [0.3, 0.4) is 0 Å². The maximum atomic E-state index is 12.2. The van der Waals surface area contributed by atoms with Gasteiger partial charge in [0.25, 0.3) is 0 Å². The number of amides is 1. The average molecular weight is 301 g/mol. The molecule has 0 spiro atoms. The van der Waals surface area contributed by atoms with E-state index in [1.54, 1.807) is 54.6 Å². The van der Waals surface area contributed by atoms with Crippen molar-refractivity contribution in [1.82, 2.24) is 0 Å². The van der Waals surface area contributed by atoms with Gasteiger partial charge in [-0.05, 0) is 35.9 Å². The molecule has 108 valence electrons. The third-order valence-corrected chi connectivity index (χ3v) is 4.57. The summed E-state index contributed by atoms with van der Waals surface area (Å²) in [6.45, 7) is 3.37. The number of hydrogen-bond donors (Lipinski definition) is 1. The first-order chi connectivity index (χ1) is 10.0. The fourth-order valence-corrected chi connectivity index (χ4v) is 3.18. The molecule has 0 fully saturated rings. The highest BCUT2D eigenvalue weighted by Crippen LogP contribution is 2.17. The van der Waals surface area contributed by atoms with Crippen molar-refractivity contribution >= 4 is 21.4 Å². The number of nitrogens with one attached hydrogen (secondary N) is 1. The maximum absolute atomic E-state index is 12.2. The molecule has 0 aliphatic heterocycles. The largest absolute Gasteiger partial charge is 0.323 e. The van der Waals surface area contributed by atoms with E-state index < -0.39 is 9.84 Å². The number of rotatable bonds is 5. The van der Waals surface area contributed by atoms with Gasteiger partial charge < -0.3 is 5.32 Å². The molecule has 0 unspecified atom stereocenters. The van der Waals surface area contributed by atoms with E-state index in [1.807, 2.05) is 0 Å². The van der Waals surface area contributed by atoms with E-state index in [4.69, 9.17) is 0 Å². The summed E-state index contributed by atoms with van der Waals surface area (Å²) in [6.07, 6.45) is 1.17. The molecule has 0 atom stereocenters. The molecule has 4 nitrogen and oxygen atoms in total. The van der Waals surface area contributed by atoms with Gasteiger partial charge in [0.2, 0.25) is 5.91 Å². The molecule has 21 heavy (non-hydrogen) atoms. The zero-order chi connectivity index (χ0) is 15.3. The molecule has 1 N–H and O–H groups in total. The molecule has 2 aromatic carbocycles. The van der Waals surface area contributed by atoms with Crippen LogP contribution in [0.1, 0.15) is 5.56 Å². The van der Waals surface area contributed by atoms with Gasteiger partial charge in [-0.1, -0.05) is 36.9 Å². The first kappa shape index (κ1) is 15.0. The molecule has 2 aromatic rings. The number of anilines is 1. The van der Waals surface area contributed by atoms with Crippen molar-refractivity contribution in [2.24, 2.45) is 0 Å². The van der Waals surface area contributed by atoms with Gasteiger partial charge in [0, 0.05) is 5.69 Å². The van der Waals surface area contributed by atoms with Crippen molar-refractivity contribution in [2.45, 2.75) is 10.6 Å². The summed E-state index contributed by atoms with van der Waals surface area (Å²) in [5, 5.41) is 2.61. The molecule has 2 rings (SSSR count). The van der Waals surface area contributed by atoms with E-state index in [9.17, 15) is 13.2 Å².